The highest BCUT2D eigenvalue weighted by Crippen LogP contribution is 2.30. The molecule has 27 heavy (non-hydrogen) atoms. The van der Waals surface area contributed by atoms with Gasteiger partial charge < -0.3 is 10.5 Å². The van der Waals surface area contributed by atoms with Crippen molar-refractivity contribution in [1.82, 2.24) is 9.97 Å². The number of methoxy groups -OCH3 is 1. The smallest absolute Gasteiger partial charge is 0.129 e. The van der Waals surface area contributed by atoms with Gasteiger partial charge in [-0.15, -0.1) is 0 Å². The summed E-state index contributed by atoms with van der Waals surface area (Å²) in [5, 5.41) is 0.990. The van der Waals surface area contributed by atoms with Crippen molar-refractivity contribution < 1.29 is 4.74 Å². The molecule has 2 N–H and O–H groups in total. The molecule has 0 amide bonds. The molecule has 0 aliphatic heterocycles. The lowest BCUT2D eigenvalue weighted by molar-refractivity contribution is 0.419. The SMILES string of the molecule is COc1ccnc2ccc(-c3ccnc(C(N)Cc4ccccc4)c3)cc12. The molecule has 0 spiro atoms. The van der Waals surface area contributed by atoms with Crippen LogP contribution >= 0.6 is 0 Å². The van der Waals surface area contributed by atoms with Crippen LogP contribution in [0, 0.1) is 0 Å². The fourth-order valence-corrected chi connectivity index (χ4v) is 3.28. The van der Waals surface area contributed by atoms with Crippen molar-refractivity contribution in [1.29, 1.82) is 0 Å². The maximum atomic E-state index is 6.42. The molecule has 4 nitrogen and oxygen atoms in total. The van der Waals surface area contributed by atoms with E-state index >= 15 is 0 Å². The lowest BCUT2D eigenvalue weighted by Gasteiger charge is -2.13. The van der Waals surface area contributed by atoms with E-state index in [1.54, 1.807) is 13.3 Å². The summed E-state index contributed by atoms with van der Waals surface area (Å²) < 4.78 is 5.47. The molecule has 2 aromatic carbocycles. The lowest BCUT2D eigenvalue weighted by atomic mass is 9.99. The van der Waals surface area contributed by atoms with Gasteiger partial charge in [-0.05, 0) is 53.4 Å². The molecule has 4 rings (SSSR count). The summed E-state index contributed by atoms with van der Waals surface area (Å²) in [6, 6.07) is 22.2. The zero-order valence-electron chi connectivity index (χ0n) is 15.2. The van der Waals surface area contributed by atoms with Gasteiger partial charge in [0.05, 0.1) is 24.4 Å². The molecule has 1 unspecified atom stereocenters. The summed E-state index contributed by atoms with van der Waals surface area (Å²) in [6.07, 6.45) is 4.33. The summed E-state index contributed by atoms with van der Waals surface area (Å²) in [5.41, 5.74) is 11.6. The fraction of sp³-hybridized carbons (Fsp3) is 0.130. The van der Waals surface area contributed by atoms with Crippen molar-refractivity contribution >= 4 is 10.9 Å². The number of fused-ring (bicyclic) bond motifs is 1. The average molecular weight is 355 g/mol. The standard InChI is InChI=1S/C23H21N3O/c1-27-23-10-12-25-21-8-7-17(14-19(21)23)18-9-11-26-22(15-18)20(24)13-16-5-3-2-4-6-16/h2-12,14-15,20H,13,24H2,1H3. The third-order valence-electron chi connectivity index (χ3n) is 4.71. The normalized spacial score (nSPS) is 12.1. The molecular weight excluding hydrogens is 334 g/mol. The number of aromatic nitrogens is 2. The van der Waals surface area contributed by atoms with E-state index in [9.17, 15) is 0 Å². The Morgan fingerprint density at radius 2 is 1.67 bits per heavy atom. The first-order chi connectivity index (χ1) is 13.2. The van der Waals surface area contributed by atoms with E-state index in [4.69, 9.17) is 10.5 Å². The molecule has 2 heterocycles. The van der Waals surface area contributed by atoms with Crippen LogP contribution in [0.5, 0.6) is 5.75 Å². The Morgan fingerprint density at radius 1 is 0.889 bits per heavy atom. The van der Waals surface area contributed by atoms with Gasteiger partial charge in [0, 0.05) is 17.8 Å². The maximum Gasteiger partial charge on any atom is 0.129 e. The van der Waals surface area contributed by atoms with E-state index in [1.165, 1.54) is 5.56 Å². The predicted octanol–water partition coefficient (Wildman–Crippen LogP) is 4.55. The molecule has 0 aliphatic rings. The Morgan fingerprint density at radius 3 is 2.48 bits per heavy atom. The highest BCUT2D eigenvalue weighted by Gasteiger charge is 2.11. The lowest BCUT2D eigenvalue weighted by Crippen LogP contribution is -2.14. The fourth-order valence-electron chi connectivity index (χ4n) is 3.28. The monoisotopic (exact) mass is 355 g/mol. The van der Waals surface area contributed by atoms with Gasteiger partial charge in [-0.2, -0.15) is 0 Å². The molecular formula is C23H21N3O. The van der Waals surface area contributed by atoms with Gasteiger partial charge in [-0.1, -0.05) is 36.4 Å². The minimum absolute atomic E-state index is 0.149. The zero-order valence-corrected chi connectivity index (χ0v) is 15.2. The van der Waals surface area contributed by atoms with Crippen LogP contribution < -0.4 is 10.5 Å². The summed E-state index contributed by atoms with van der Waals surface area (Å²) in [7, 11) is 1.68. The Hall–Kier alpha value is -3.24. The van der Waals surface area contributed by atoms with Crippen LogP contribution in [0.4, 0.5) is 0 Å². The van der Waals surface area contributed by atoms with Crippen LogP contribution in [-0.2, 0) is 6.42 Å². The van der Waals surface area contributed by atoms with E-state index < -0.39 is 0 Å². The van der Waals surface area contributed by atoms with Crippen molar-refractivity contribution in [3.8, 4) is 16.9 Å². The number of rotatable bonds is 5. The molecule has 0 aliphatic carbocycles. The van der Waals surface area contributed by atoms with E-state index in [0.717, 1.165) is 39.9 Å². The van der Waals surface area contributed by atoms with Crippen LogP contribution in [0.3, 0.4) is 0 Å². The van der Waals surface area contributed by atoms with Gasteiger partial charge >= 0.3 is 0 Å². The van der Waals surface area contributed by atoms with Crippen LogP contribution in [0.2, 0.25) is 0 Å². The number of benzene rings is 2. The highest BCUT2D eigenvalue weighted by atomic mass is 16.5. The second-order valence-corrected chi connectivity index (χ2v) is 6.51. The third-order valence-corrected chi connectivity index (χ3v) is 4.71. The van der Waals surface area contributed by atoms with Gasteiger partial charge in [0.1, 0.15) is 5.75 Å². The molecule has 4 aromatic rings. The summed E-state index contributed by atoms with van der Waals surface area (Å²) in [5.74, 6) is 0.817. The summed E-state index contributed by atoms with van der Waals surface area (Å²) in [6.45, 7) is 0. The van der Waals surface area contributed by atoms with Gasteiger partial charge in [0.15, 0.2) is 0 Å². The van der Waals surface area contributed by atoms with Gasteiger partial charge in [0.2, 0.25) is 0 Å². The van der Waals surface area contributed by atoms with Gasteiger partial charge in [-0.3, -0.25) is 9.97 Å². The van der Waals surface area contributed by atoms with Crippen LogP contribution in [0.1, 0.15) is 17.3 Å². The van der Waals surface area contributed by atoms with Crippen molar-refractivity contribution in [3.63, 3.8) is 0 Å². The second kappa shape index (κ2) is 7.56. The van der Waals surface area contributed by atoms with E-state index in [2.05, 4.69) is 40.3 Å². The van der Waals surface area contributed by atoms with Crippen LogP contribution in [-0.4, -0.2) is 17.1 Å². The number of nitrogens with zero attached hydrogens (tertiary/aromatic N) is 2. The van der Waals surface area contributed by atoms with Crippen molar-refractivity contribution in [2.24, 2.45) is 5.73 Å². The molecule has 0 saturated carbocycles. The molecule has 1 atom stereocenters. The first-order valence-corrected chi connectivity index (χ1v) is 8.93. The maximum absolute atomic E-state index is 6.42. The third kappa shape index (κ3) is 3.66. The Kier molecular flexibility index (Phi) is 4.81. The number of nitrogens with two attached hydrogens (primary N) is 1. The number of hydrogen-bond acceptors (Lipinski definition) is 4. The quantitative estimate of drug-likeness (QED) is 0.570. The van der Waals surface area contributed by atoms with Crippen LogP contribution in [0.25, 0.3) is 22.0 Å². The molecule has 0 radical (unpaired) electrons. The summed E-state index contributed by atoms with van der Waals surface area (Å²) in [4.78, 5) is 8.90. The number of hydrogen-bond donors (Lipinski definition) is 1. The minimum atomic E-state index is -0.149. The Bertz CT molecular complexity index is 1060. The topological polar surface area (TPSA) is 61.0 Å². The van der Waals surface area contributed by atoms with Crippen LogP contribution in [0.15, 0.2) is 79.1 Å². The Balaban J connectivity index is 1.67. The molecule has 0 saturated heterocycles. The van der Waals surface area contributed by atoms with Crippen molar-refractivity contribution in [2.75, 3.05) is 7.11 Å². The Labute approximate surface area is 158 Å². The first kappa shape index (κ1) is 17.2. The van der Waals surface area contributed by atoms with E-state index in [1.807, 2.05) is 42.6 Å². The molecule has 0 fully saturated rings. The first-order valence-electron chi connectivity index (χ1n) is 8.93. The van der Waals surface area contributed by atoms with E-state index in [-0.39, 0.29) is 6.04 Å². The number of pyridine rings is 2. The summed E-state index contributed by atoms with van der Waals surface area (Å²) >= 11 is 0. The largest absolute Gasteiger partial charge is 0.496 e. The molecule has 134 valence electrons. The highest BCUT2D eigenvalue weighted by molar-refractivity contribution is 5.89. The zero-order chi connectivity index (χ0) is 18.6. The molecule has 4 heteroatoms. The average Bonchev–Trinajstić information content (AvgIpc) is 2.73. The second-order valence-electron chi connectivity index (χ2n) is 6.51. The number of ether oxygens (including phenoxy) is 1. The molecule has 0 bridgehead atoms. The van der Waals surface area contributed by atoms with E-state index in [0.29, 0.717) is 0 Å². The minimum Gasteiger partial charge on any atom is -0.496 e. The van der Waals surface area contributed by atoms with Gasteiger partial charge in [-0.25, -0.2) is 0 Å². The molecule has 2 aromatic heterocycles. The van der Waals surface area contributed by atoms with Crippen molar-refractivity contribution in [2.45, 2.75) is 12.5 Å². The predicted molar refractivity (Wildman–Crippen MR) is 109 cm³/mol. The van der Waals surface area contributed by atoms with Crippen molar-refractivity contribution in [3.05, 3.63) is 90.4 Å². The van der Waals surface area contributed by atoms with Gasteiger partial charge in [0.25, 0.3) is 0 Å².